The Morgan fingerprint density at radius 2 is 1.91 bits per heavy atom. The highest BCUT2D eigenvalue weighted by molar-refractivity contribution is 5.79. The zero-order valence-electron chi connectivity index (χ0n) is 13.3. The van der Waals surface area contributed by atoms with Gasteiger partial charge in [0.15, 0.2) is 0 Å². The average molecular weight is 307 g/mol. The molecule has 0 aliphatic heterocycles. The number of hydrogen-bond acceptors (Lipinski definition) is 4. The Labute approximate surface area is 131 Å². The van der Waals surface area contributed by atoms with E-state index in [-0.39, 0.29) is 12.5 Å². The van der Waals surface area contributed by atoms with Crippen molar-refractivity contribution >= 4 is 11.9 Å². The molecule has 1 rings (SSSR count). The Bertz CT molecular complexity index is 447. The Balaban J connectivity index is 2.17. The van der Waals surface area contributed by atoms with E-state index in [1.165, 1.54) is 0 Å². The molecule has 1 N–H and O–H groups in total. The van der Waals surface area contributed by atoms with Crippen molar-refractivity contribution in [1.82, 2.24) is 5.48 Å². The Morgan fingerprint density at radius 3 is 2.59 bits per heavy atom. The van der Waals surface area contributed by atoms with Crippen LogP contribution in [-0.2, 0) is 25.6 Å². The summed E-state index contributed by atoms with van der Waals surface area (Å²) in [7, 11) is 0. The molecule has 0 fully saturated rings. The number of unbranched alkanes of at least 4 members (excludes halogenated alkanes) is 2. The number of rotatable bonds is 9. The summed E-state index contributed by atoms with van der Waals surface area (Å²) in [5.74, 6) is -1.23. The second-order valence-corrected chi connectivity index (χ2v) is 5.30. The molecule has 0 spiro atoms. The van der Waals surface area contributed by atoms with Crippen molar-refractivity contribution < 1.29 is 19.2 Å². The minimum atomic E-state index is -0.455. The largest absolute Gasteiger partial charge is 0.372 e. The number of nitrogens with one attached hydrogen (secondary N) is 1. The van der Waals surface area contributed by atoms with E-state index in [9.17, 15) is 9.59 Å². The van der Waals surface area contributed by atoms with E-state index in [1.807, 2.05) is 30.3 Å². The lowest BCUT2D eigenvalue weighted by atomic mass is 10.0. The highest BCUT2D eigenvalue weighted by Crippen LogP contribution is 2.09. The third-order valence-corrected chi connectivity index (χ3v) is 3.18. The molecule has 0 aliphatic carbocycles. The number of benzene rings is 1. The minimum Gasteiger partial charge on any atom is -0.372 e. The maximum atomic E-state index is 11.8. The molecule has 1 amide bonds. The fourth-order valence-corrected chi connectivity index (χ4v) is 1.91. The van der Waals surface area contributed by atoms with Gasteiger partial charge < -0.3 is 9.57 Å². The van der Waals surface area contributed by atoms with Gasteiger partial charge >= 0.3 is 5.97 Å². The van der Waals surface area contributed by atoms with Crippen LogP contribution in [-0.4, -0.2) is 25.1 Å². The molecule has 0 bridgehead atoms. The summed E-state index contributed by atoms with van der Waals surface area (Å²) in [6.45, 7) is 4.31. The summed E-state index contributed by atoms with van der Waals surface area (Å²) in [6, 6.07) is 9.67. The van der Waals surface area contributed by atoms with Crippen molar-refractivity contribution in [1.29, 1.82) is 0 Å². The van der Waals surface area contributed by atoms with Crippen LogP contribution in [0.3, 0.4) is 0 Å². The standard InChI is InChI=1S/C17H25NO4/c1-3-4-8-11-21-13-16(19)18-22-17(20)14(2)12-15-9-6-5-7-10-15/h5-7,9-10,14H,3-4,8,11-13H2,1-2H3,(H,18,19). The molecule has 1 aromatic carbocycles. The van der Waals surface area contributed by atoms with E-state index < -0.39 is 11.9 Å². The van der Waals surface area contributed by atoms with Crippen molar-refractivity contribution in [2.45, 2.75) is 39.5 Å². The van der Waals surface area contributed by atoms with Crippen LogP contribution in [0.2, 0.25) is 0 Å². The molecule has 1 aromatic rings. The number of hydroxylamine groups is 1. The first kappa shape index (κ1) is 18.2. The lowest BCUT2D eigenvalue weighted by molar-refractivity contribution is -0.163. The number of carbonyl (C=O) groups is 2. The van der Waals surface area contributed by atoms with E-state index in [4.69, 9.17) is 9.57 Å². The zero-order chi connectivity index (χ0) is 16.2. The van der Waals surface area contributed by atoms with Gasteiger partial charge in [-0.15, -0.1) is 0 Å². The number of carbonyl (C=O) groups excluding carboxylic acids is 2. The Morgan fingerprint density at radius 1 is 1.18 bits per heavy atom. The molecule has 122 valence electrons. The molecule has 5 heteroatoms. The van der Waals surface area contributed by atoms with Gasteiger partial charge in [-0.2, -0.15) is 5.48 Å². The lowest BCUT2D eigenvalue weighted by Crippen LogP contribution is -2.33. The van der Waals surface area contributed by atoms with Gasteiger partial charge in [-0.3, -0.25) is 4.79 Å². The molecule has 0 aliphatic rings. The topological polar surface area (TPSA) is 64.6 Å². The van der Waals surface area contributed by atoms with Gasteiger partial charge in [0, 0.05) is 6.61 Å². The monoisotopic (exact) mass is 307 g/mol. The fraction of sp³-hybridized carbons (Fsp3) is 0.529. The third kappa shape index (κ3) is 7.78. The van der Waals surface area contributed by atoms with Crippen LogP contribution in [0.5, 0.6) is 0 Å². The fourth-order valence-electron chi connectivity index (χ4n) is 1.91. The third-order valence-electron chi connectivity index (χ3n) is 3.18. The van der Waals surface area contributed by atoms with E-state index in [0.717, 1.165) is 24.8 Å². The molecule has 0 heterocycles. The molecule has 0 radical (unpaired) electrons. The lowest BCUT2D eigenvalue weighted by Gasteiger charge is -2.11. The Kier molecular flexibility index (Phi) is 8.91. The quantitative estimate of drug-likeness (QED) is 0.562. The second kappa shape index (κ2) is 10.8. The van der Waals surface area contributed by atoms with Crippen LogP contribution in [0.25, 0.3) is 0 Å². The molecular formula is C17H25NO4. The van der Waals surface area contributed by atoms with E-state index in [2.05, 4.69) is 12.4 Å². The van der Waals surface area contributed by atoms with Crippen molar-refractivity contribution in [2.75, 3.05) is 13.2 Å². The van der Waals surface area contributed by atoms with E-state index in [1.54, 1.807) is 6.92 Å². The summed E-state index contributed by atoms with van der Waals surface area (Å²) in [6.07, 6.45) is 3.68. The van der Waals surface area contributed by atoms with Crippen LogP contribution in [0, 0.1) is 5.92 Å². The second-order valence-electron chi connectivity index (χ2n) is 5.30. The van der Waals surface area contributed by atoms with Gasteiger partial charge in [0.1, 0.15) is 6.61 Å². The highest BCUT2D eigenvalue weighted by Gasteiger charge is 2.16. The molecule has 1 atom stereocenters. The van der Waals surface area contributed by atoms with Gasteiger partial charge in [0.25, 0.3) is 5.91 Å². The first-order valence-electron chi connectivity index (χ1n) is 7.74. The zero-order valence-corrected chi connectivity index (χ0v) is 13.3. The van der Waals surface area contributed by atoms with Crippen molar-refractivity contribution in [3.05, 3.63) is 35.9 Å². The van der Waals surface area contributed by atoms with Crippen LogP contribution in [0.4, 0.5) is 0 Å². The summed E-state index contributed by atoms with van der Waals surface area (Å²) in [5.41, 5.74) is 3.18. The number of ether oxygens (including phenoxy) is 1. The minimum absolute atomic E-state index is 0.0932. The summed E-state index contributed by atoms with van der Waals surface area (Å²) < 4.78 is 5.18. The number of hydrogen-bond donors (Lipinski definition) is 1. The maximum absolute atomic E-state index is 11.8. The highest BCUT2D eigenvalue weighted by atomic mass is 16.7. The first-order valence-corrected chi connectivity index (χ1v) is 7.74. The summed E-state index contributed by atoms with van der Waals surface area (Å²) in [4.78, 5) is 28.0. The van der Waals surface area contributed by atoms with Crippen LogP contribution < -0.4 is 5.48 Å². The molecule has 5 nitrogen and oxygen atoms in total. The van der Waals surface area contributed by atoms with Crippen molar-refractivity contribution in [3.63, 3.8) is 0 Å². The normalized spacial score (nSPS) is 11.7. The van der Waals surface area contributed by atoms with E-state index in [0.29, 0.717) is 13.0 Å². The van der Waals surface area contributed by atoms with Crippen LogP contribution >= 0.6 is 0 Å². The van der Waals surface area contributed by atoms with Gasteiger partial charge in [0.05, 0.1) is 5.92 Å². The van der Waals surface area contributed by atoms with Crippen molar-refractivity contribution in [3.8, 4) is 0 Å². The first-order chi connectivity index (χ1) is 10.6. The molecular weight excluding hydrogens is 282 g/mol. The summed E-state index contributed by atoms with van der Waals surface area (Å²) >= 11 is 0. The predicted octanol–water partition coefficient (Wildman–Crippen LogP) is 2.65. The van der Waals surface area contributed by atoms with E-state index >= 15 is 0 Å². The van der Waals surface area contributed by atoms with Crippen LogP contribution in [0.15, 0.2) is 30.3 Å². The predicted molar refractivity (Wildman–Crippen MR) is 83.9 cm³/mol. The molecule has 0 aromatic heterocycles. The van der Waals surface area contributed by atoms with Gasteiger partial charge in [-0.1, -0.05) is 57.0 Å². The Hall–Kier alpha value is -1.88. The van der Waals surface area contributed by atoms with Crippen molar-refractivity contribution in [2.24, 2.45) is 5.92 Å². The molecule has 0 saturated heterocycles. The molecule has 1 unspecified atom stereocenters. The summed E-state index contributed by atoms with van der Waals surface area (Å²) in [5, 5.41) is 0. The molecule has 22 heavy (non-hydrogen) atoms. The average Bonchev–Trinajstić information content (AvgIpc) is 2.53. The van der Waals surface area contributed by atoms with Crippen LogP contribution in [0.1, 0.15) is 38.7 Å². The molecule has 0 saturated carbocycles. The van der Waals surface area contributed by atoms with Gasteiger partial charge in [0.2, 0.25) is 0 Å². The number of amides is 1. The maximum Gasteiger partial charge on any atom is 0.335 e. The van der Waals surface area contributed by atoms with Gasteiger partial charge in [-0.05, 0) is 18.4 Å². The smallest absolute Gasteiger partial charge is 0.335 e. The SMILES string of the molecule is CCCCCOCC(=O)NOC(=O)C(C)Cc1ccccc1. The van der Waals surface area contributed by atoms with Gasteiger partial charge in [-0.25, -0.2) is 4.79 Å².